The van der Waals surface area contributed by atoms with E-state index in [4.69, 9.17) is 4.74 Å². The Morgan fingerprint density at radius 1 is 1.08 bits per heavy atom. The van der Waals surface area contributed by atoms with Crippen LogP contribution in [0.4, 0.5) is 0 Å². The molecule has 0 heterocycles. The molecule has 1 N–H and O–H groups in total. The Morgan fingerprint density at radius 3 is 2.38 bits per heavy atom. The lowest BCUT2D eigenvalue weighted by molar-refractivity contribution is 0.0976. The Morgan fingerprint density at radius 2 is 1.75 bits per heavy atom. The molecule has 5 nitrogen and oxygen atoms in total. The quantitative estimate of drug-likeness (QED) is 0.836. The highest BCUT2D eigenvalue weighted by Crippen LogP contribution is 2.14. The van der Waals surface area contributed by atoms with Crippen molar-refractivity contribution in [2.24, 2.45) is 0 Å². The van der Waals surface area contributed by atoms with Crippen molar-refractivity contribution in [1.82, 2.24) is 4.72 Å². The van der Waals surface area contributed by atoms with Crippen LogP contribution < -0.4 is 4.72 Å². The summed E-state index contributed by atoms with van der Waals surface area (Å²) in [5.74, 6) is -0.666. The fourth-order valence-electron chi connectivity index (χ4n) is 2.38. The van der Waals surface area contributed by atoms with Crippen LogP contribution in [0.15, 0.2) is 53.4 Å². The van der Waals surface area contributed by atoms with Crippen LogP contribution in [0.2, 0.25) is 0 Å². The minimum atomic E-state index is -3.91. The molecule has 0 aliphatic carbocycles. The number of hydrogen-bond donors (Lipinski definition) is 1. The average molecular weight is 347 g/mol. The first kappa shape index (κ1) is 18.2. The molecule has 0 saturated carbocycles. The summed E-state index contributed by atoms with van der Waals surface area (Å²) in [7, 11) is -2.39. The Hall–Kier alpha value is -2.18. The van der Waals surface area contributed by atoms with Crippen LogP contribution in [0.1, 0.15) is 34.8 Å². The normalized spacial score (nSPS) is 11.2. The SMILES string of the molecule is CCCc1ccc(S(=O)(=O)NC(=O)c2ccccc2COC)cc1. The Bertz CT molecular complexity index is 798. The zero-order chi connectivity index (χ0) is 17.6. The number of rotatable bonds is 7. The standard InChI is InChI=1S/C18H21NO4S/c1-3-6-14-9-11-16(12-10-14)24(21,22)19-18(20)17-8-5-4-7-15(17)13-23-2/h4-5,7-12H,3,6,13H2,1-2H3,(H,19,20). The van der Waals surface area contributed by atoms with E-state index < -0.39 is 15.9 Å². The smallest absolute Gasteiger partial charge is 0.265 e. The first-order chi connectivity index (χ1) is 11.5. The van der Waals surface area contributed by atoms with Gasteiger partial charge in [0.1, 0.15) is 0 Å². The molecule has 2 rings (SSSR count). The van der Waals surface area contributed by atoms with Gasteiger partial charge in [0.05, 0.1) is 11.5 Å². The molecule has 2 aromatic rings. The molecule has 0 aliphatic rings. The van der Waals surface area contributed by atoms with Crippen molar-refractivity contribution in [3.8, 4) is 0 Å². The molecule has 0 bridgehead atoms. The van der Waals surface area contributed by atoms with Crippen LogP contribution in [0.5, 0.6) is 0 Å². The molecule has 0 aromatic heterocycles. The van der Waals surface area contributed by atoms with Crippen molar-refractivity contribution in [3.05, 3.63) is 65.2 Å². The molecule has 1 amide bonds. The summed E-state index contributed by atoms with van der Waals surface area (Å²) in [6, 6.07) is 13.3. The van der Waals surface area contributed by atoms with E-state index in [2.05, 4.69) is 11.6 Å². The number of nitrogens with one attached hydrogen (secondary N) is 1. The fourth-order valence-corrected chi connectivity index (χ4v) is 3.35. The second-order valence-electron chi connectivity index (χ2n) is 5.42. The molecule has 0 unspecified atom stereocenters. The first-order valence-electron chi connectivity index (χ1n) is 7.71. The molecule has 0 fully saturated rings. The number of ether oxygens (including phenoxy) is 1. The zero-order valence-electron chi connectivity index (χ0n) is 13.8. The number of hydrogen-bond acceptors (Lipinski definition) is 4. The molecule has 128 valence electrons. The van der Waals surface area contributed by atoms with Crippen LogP contribution in [-0.2, 0) is 27.8 Å². The van der Waals surface area contributed by atoms with Crippen molar-refractivity contribution >= 4 is 15.9 Å². The number of aryl methyl sites for hydroxylation is 1. The van der Waals surface area contributed by atoms with Gasteiger partial charge in [-0.3, -0.25) is 4.79 Å². The number of sulfonamides is 1. The third-order valence-electron chi connectivity index (χ3n) is 3.56. The molecule has 0 spiro atoms. The Labute approximate surface area is 142 Å². The summed E-state index contributed by atoms with van der Waals surface area (Å²) in [5.41, 5.74) is 1.98. The largest absolute Gasteiger partial charge is 0.380 e. The van der Waals surface area contributed by atoms with E-state index in [1.54, 1.807) is 36.4 Å². The maximum Gasteiger partial charge on any atom is 0.265 e. The predicted molar refractivity (Wildman–Crippen MR) is 92.2 cm³/mol. The fraction of sp³-hybridized carbons (Fsp3) is 0.278. The van der Waals surface area contributed by atoms with Gasteiger partial charge in [0, 0.05) is 12.7 Å². The Balaban J connectivity index is 2.21. The summed E-state index contributed by atoms with van der Waals surface area (Å²) in [5, 5.41) is 0. The molecule has 0 saturated heterocycles. The predicted octanol–water partition coefficient (Wildman–Crippen LogP) is 2.90. The lowest BCUT2D eigenvalue weighted by Gasteiger charge is -2.10. The monoisotopic (exact) mass is 347 g/mol. The van der Waals surface area contributed by atoms with E-state index in [0.29, 0.717) is 5.56 Å². The molecular formula is C18H21NO4S. The third kappa shape index (κ3) is 4.43. The molecular weight excluding hydrogens is 326 g/mol. The number of methoxy groups -OCH3 is 1. The summed E-state index contributed by atoms with van der Waals surface area (Å²) < 4.78 is 31.9. The average Bonchev–Trinajstić information content (AvgIpc) is 2.56. The molecule has 0 radical (unpaired) electrons. The van der Waals surface area contributed by atoms with E-state index in [9.17, 15) is 13.2 Å². The van der Waals surface area contributed by atoms with Gasteiger partial charge in [-0.1, -0.05) is 43.7 Å². The second kappa shape index (κ2) is 8.08. The molecule has 24 heavy (non-hydrogen) atoms. The van der Waals surface area contributed by atoms with Crippen molar-refractivity contribution in [3.63, 3.8) is 0 Å². The number of carbonyl (C=O) groups excluding carboxylic acids is 1. The van der Waals surface area contributed by atoms with Crippen molar-refractivity contribution in [2.75, 3.05) is 7.11 Å². The highest BCUT2D eigenvalue weighted by Gasteiger charge is 2.20. The van der Waals surface area contributed by atoms with Crippen molar-refractivity contribution < 1.29 is 17.9 Å². The molecule has 2 aromatic carbocycles. The topological polar surface area (TPSA) is 72.5 Å². The van der Waals surface area contributed by atoms with Crippen LogP contribution in [0, 0.1) is 0 Å². The van der Waals surface area contributed by atoms with Gasteiger partial charge in [-0.05, 0) is 35.7 Å². The van der Waals surface area contributed by atoms with Crippen LogP contribution in [0.25, 0.3) is 0 Å². The molecule has 0 atom stereocenters. The second-order valence-corrected chi connectivity index (χ2v) is 7.10. The van der Waals surface area contributed by atoms with Crippen LogP contribution >= 0.6 is 0 Å². The van der Waals surface area contributed by atoms with Gasteiger partial charge in [0.2, 0.25) is 0 Å². The van der Waals surface area contributed by atoms with Gasteiger partial charge in [-0.25, -0.2) is 13.1 Å². The lowest BCUT2D eigenvalue weighted by atomic mass is 10.1. The van der Waals surface area contributed by atoms with E-state index in [1.165, 1.54) is 19.2 Å². The summed E-state index contributed by atoms with van der Waals surface area (Å²) in [6.07, 6.45) is 1.87. The Kier molecular flexibility index (Phi) is 6.11. The van der Waals surface area contributed by atoms with E-state index >= 15 is 0 Å². The van der Waals surface area contributed by atoms with Crippen LogP contribution in [-0.4, -0.2) is 21.4 Å². The van der Waals surface area contributed by atoms with Crippen LogP contribution in [0.3, 0.4) is 0 Å². The maximum absolute atomic E-state index is 12.4. The van der Waals surface area contributed by atoms with E-state index in [-0.39, 0.29) is 17.1 Å². The summed E-state index contributed by atoms with van der Waals surface area (Å²) in [6.45, 7) is 2.29. The summed E-state index contributed by atoms with van der Waals surface area (Å²) >= 11 is 0. The number of amides is 1. The van der Waals surface area contributed by atoms with E-state index in [0.717, 1.165) is 18.4 Å². The van der Waals surface area contributed by atoms with Gasteiger partial charge in [0.15, 0.2) is 0 Å². The van der Waals surface area contributed by atoms with Gasteiger partial charge in [-0.15, -0.1) is 0 Å². The van der Waals surface area contributed by atoms with E-state index in [1.807, 2.05) is 0 Å². The van der Waals surface area contributed by atoms with Gasteiger partial charge in [-0.2, -0.15) is 0 Å². The number of carbonyl (C=O) groups is 1. The zero-order valence-corrected chi connectivity index (χ0v) is 14.6. The minimum absolute atomic E-state index is 0.0694. The number of benzene rings is 2. The van der Waals surface area contributed by atoms with Crippen molar-refractivity contribution in [1.29, 1.82) is 0 Å². The lowest BCUT2D eigenvalue weighted by Crippen LogP contribution is -2.31. The van der Waals surface area contributed by atoms with Gasteiger partial charge < -0.3 is 4.74 Å². The first-order valence-corrected chi connectivity index (χ1v) is 9.19. The minimum Gasteiger partial charge on any atom is -0.380 e. The third-order valence-corrected chi connectivity index (χ3v) is 4.91. The summed E-state index contributed by atoms with van der Waals surface area (Å²) in [4.78, 5) is 12.4. The van der Waals surface area contributed by atoms with Gasteiger partial charge in [0.25, 0.3) is 15.9 Å². The highest BCUT2D eigenvalue weighted by molar-refractivity contribution is 7.90. The molecule has 6 heteroatoms. The van der Waals surface area contributed by atoms with Crippen molar-refractivity contribution in [2.45, 2.75) is 31.3 Å². The molecule has 0 aliphatic heterocycles. The maximum atomic E-state index is 12.4. The van der Waals surface area contributed by atoms with Gasteiger partial charge >= 0.3 is 0 Å². The highest BCUT2D eigenvalue weighted by atomic mass is 32.2.